The van der Waals surface area contributed by atoms with Gasteiger partial charge in [0, 0.05) is 6.54 Å². The van der Waals surface area contributed by atoms with Crippen molar-refractivity contribution in [3.8, 4) is 0 Å². The molecule has 0 aliphatic rings. The van der Waals surface area contributed by atoms with Gasteiger partial charge in [0.25, 0.3) is 5.91 Å². The van der Waals surface area contributed by atoms with Gasteiger partial charge in [-0.2, -0.15) is 11.3 Å². The highest BCUT2D eigenvalue weighted by Crippen LogP contribution is 2.13. The Balaban J connectivity index is 1.99. The molecule has 5 nitrogen and oxygen atoms in total. The summed E-state index contributed by atoms with van der Waals surface area (Å²) in [5, 5.41) is 15.3. The van der Waals surface area contributed by atoms with Crippen molar-refractivity contribution in [2.75, 3.05) is 0 Å². The molecule has 0 bridgehead atoms. The van der Waals surface area contributed by atoms with Crippen molar-refractivity contribution >= 4 is 23.2 Å². The number of aromatic carboxylic acids is 1. The number of carbonyl (C=O) groups is 2. The van der Waals surface area contributed by atoms with Gasteiger partial charge in [0.05, 0.1) is 0 Å². The van der Waals surface area contributed by atoms with Crippen molar-refractivity contribution in [2.45, 2.75) is 13.5 Å². The van der Waals surface area contributed by atoms with Gasteiger partial charge < -0.3 is 14.8 Å². The molecule has 2 rings (SSSR count). The fourth-order valence-corrected chi connectivity index (χ4v) is 2.26. The van der Waals surface area contributed by atoms with Crippen LogP contribution in [-0.2, 0) is 6.54 Å². The van der Waals surface area contributed by atoms with Crippen LogP contribution in [0.15, 0.2) is 27.3 Å². The van der Waals surface area contributed by atoms with Gasteiger partial charge in [-0.25, -0.2) is 4.79 Å². The van der Waals surface area contributed by atoms with E-state index in [2.05, 4.69) is 5.32 Å². The molecule has 2 N–H and O–H groups in total. The number of furan rings is 1. The molecule has 2 heterocycles. The second-order valence-electron chi connectivity index (χ2n) is 3.73. The van der Waals surface area contributed by atoms with Crippen molar-refractivity contribution in [1.29, 1.82) is 0 Å². The maximum Gasteiger partial charge on any atom is 0.371 e. The van der Waals surface area contributed by atoms with E-state index in [1.165, 1.54) is 12.1 Å². The first-order chi connectivity index (χ1) is 8.58. The Hall–Kier alpha value is -2.08. The van der Waals surface area contributed by atoms with Crippen LogP contribution in [0, 0.1) is 6.92 Å². The van der Waals surface area contributed by atoms with Crippen molar-refractivity contribution in [1.82, 2.24) is 5.32 Å². The summed E-state index contributed by atoms with van der Waals surface area (Å²) < 4.78 is 4.90. The van der Waals surface area contributed by atoms with Crippen molar-refractivity contribution in [2.24, 2.45) is 0 Å². The predicted molar refractivity (Wildman–Crippen MR) is 65.9 cm³/mol. The Kier molecular flexibility index (Phi) is 3.47. The van der Waals surface area contributed by atoms with Crippen LogP contribution in [0.4, 0.5) is 0 Å². The molecule has 94 valence electrons. The Morgan fingerprint density at radius 1 is 1.33 bits per heavy atom. The highest BCUT2D eigenvalue weighted by atomic mass is 32.1. The van der Waals surface area contributed by atoms with E-state index in [0.717, 1.165) is 11.1 Å². The number of rotatable bonds is 4. The van der Waals surface area contributed by atoms with Gasteiger partial charge in [-0.3, -0.25) is 4.79 Å². The molecule has 0 radical (unpaired) electrons. The van der Waals surface area contributed by atoms with Crippen molar-refractivity contribution in [3.63, 3.8) is 0 Å². The lowest BCUT2D eigenvalue weighted by Crippen LogP contribution is -2.22. The minimum atomic E-state index is -1.19. The molecule has 2 aromatic rings. The Bertz CT molecular complexity index is 584. The Morgan fingerprint density at radius 2 is 2.06 bits per heavy atom. The molecule has 0 fully saturated rings. The number of carbonyl (C=O) groups excluding carboxylic acids is 1. The molecular formula is C12H11NO4S. The lowest BCUT2D eigenvalue weighted by molar-refractivity contribution is 0.0659. The van der Waals surface area contributed by atoms with E-state index in [1.54, 1.807) is 11.3 Å². The van der Waals surface area contributed by atoms with Gasteiger partial charge in [0.2, 0.25) is 5.76 Å². The molecule has 0 aliphatic heterocycles. The molecule has 2 aromatic heterocycles. The number of thiophene rings is 1. The van der Waals surface area contributed by atoms with E-state index >= 15 is 0 Å². The zero-order valence-corrected chi connectivity index (χ0v) is 10.4. The molecule has 0 atom stereocenters. The first-order valence-electron chi connectivity index (χ1n) is 5.21. The standard InChI is InChI=1S/C12H11NO4S/c1-7-5-18-6-8(7)4-13-11(14)9-2-3-10(17-9)12(15)16/h2-3,5-6H,4H2,1H3,(H,13,14)(H,15,16). The fraction of sp³-hybridized carbons (Fsp3) is 0.167. The number of amides is 1. The molecular weight excluding hydrogens is 254 g/mol. The van der Waals surface area contributed by atoms with Gasteiger partial charge in [-0.1, -0.05) is 0 Å². The third kappa shape index (κ3) is 2.60. The summed E-state index contributed by atoms with van der Waals surface area (Å²) in [5.41, 5.74) is 2.16. The fourth-order valence-electron chi connectivity index (χ4n) is 1.41. The highest BCUT2D eigenvalue weighted by Gasteiger charge is 2.14. The largest absolute Gasteiger partial charge is 0.475 e. The van der Waals surface area contributed by atoms with Crippen molar-refractivity contribution in [3.05, 3.63) is 45.5 Å². The lowest BCUT2D eigenvalue weighted by Gasteiger charge is -2.02. The normalized spacial score (nSPS) is 10.3. The first kappa shape index (κ1) is 12.4. The maximum atomic E-state index is 11.7. The van der Waals surface area contributed by atoms with Crippen LogP contribution in [0.2, 0.25) is 0 Å². The second kappa shape index (κ2) is 5.05. The van der Waals surface area contributed by atoms with Crippen LogP contribution < -0.4 is 5.32 Å². The number of hydrogen-bond donors (Lipinski definition) is 2. The van der Waals surface area contributed by atoms with Gasteiger partial charge in [-0.05, 0) is 40.9 Å². The summed E-state index contributed by atoms with van der Waals surface area (Å²) in [6, 6.07) is 2.60. The van der Waals surface area contributed by atoms with E-state index in [0.29, 0.717) is 6.54 Å². The summed E-state index contributed by atoms with van der Waals surface area (Å²) >= 11 is 1.57. The van der Waals surface area contributed by atoms with Crippen LogP contribution >= 0.6 is 11.3 Å². The molecule has 0 unspecified atom stereocenters. The van der Waals surface area contributed by atoms with E-state index in [-0.39, 0.29) is 11.5 Å². The molecule has 0 aromatic carbocycles. The van der Waals surface area contributed by atoms with E-state index in [1.807, 2.05) is 17.7 Å². The lowest BCUT2D eigenvalue weighted by atomic mass is 10.2. The smallest absolute Gasteiger partial charge is 0.371 e. The molecule has 0 spiro atoms. The van der Waals surface area contributed by atoms with E-state index < -0.39 is 11.9 Å². The average molecular weight is 265 g/mol. The minimum Gasteiger partial charge on any atom is -0.475 e. The molecule has 0 saturated heterocycles. The molecule has 1 amide bonds. The number of carboxylic acids is 1. The van der Waals surface area contributed by atoms with E-state index in [9.17, 15) is 9.59 Å². The third-order valence-electron chi connectivity index (χ3n) is 2.44. The summed E-state index contributed by atoms with van der Waals surface area (Å²) in [6.45, 7) is 2.37. The average Bonchev–Trinajstić information content (AvgIpc) is 2.94. The van der Waals surface area contributed by atoms with Crippen molar-refractivity contribution < 1.29 is 19.1 Å². The van der Waals surface area contributed by atoms with Crippen LogP contribution in [0.25, 0.3) is 0 Å². The van der Waals surface area contributed by atoms with Crippen LogP contribution in [0.5, 0.6) is 0 Å². The molecule has 0 saturated carbocycles. The number of carboxylic acid groups (broad SMARTS) is 1. The number of hydrogen-bond acceptors (Lipinski definition) is 4. The summed E-state index contributed by atoms with van der Waals surface area (Å²) in [7, 11) is 0. The number of nitrogens with one attached hydrogen (secondary N) is 1. The SMILES string of the molecule is Cc1cscc1CNC(=O)c1ccc(C(=O)O)o1. The monoisotopic (exact) mass is 265 g/mol. The van der Waals surface area contributed by atoms with Gasteiger partial charge >= 0.3 is 5.97 Å². The zero-order valence-electron chi connectivity index (χ0n) is 9.60. The van der Waals surface area contributed by atoms with Crippen LogP contribution in [-0.4, -0.2) is 17.0 Å². The summed E-state index contributed by atoms with van der Waals surface area (Å²) in [5.74, 6) is -1.86. The Morgan fingerprint density at radius 3 is 2.61 bits per heavy atom. The van der Waals surface area contributed by atoms with Crippen LogP contribution in [0.3, 0.4) is 0 Å². The van der Waals surface area contributed by atoms with E-state index in [4.69, 9.17) is 9.52 Å². The Labute approximate surface area is 107 Å². The van der Waals surface area contributed by atoms with Gasteiger partial charge in [0.1, 0.15) is 0 Å². The maximum absolute atomic E-state index is 11.7. The van der Waals surface area contributed by atoms with Gasteiger partial charge in [0.15, 0.2) is 5.76 Å². The molecule has 18 heavy (non-hydrogen) atoms. The predicted octanol–water partition coefficient (Wildman–Crippen LogP) is 2.28. The number of aryl methyl sites for hydroxylation is 1. The van der Waals surface area contributed by atoms with Gasteiger partial charge in [-0.15, -0.1) is 0 Å². The summed E-state index contributed by atoms with van der Waals surface area (Å²) in [4.78, 5) is 22.3. The molecule has 6 heteroatoms. The zero-order chi connectivity index (χ0) is 13.1. The minimum absolute atomic E-state index is 0.000262. The quantitative estimate of drug-likeness (QED) is 0.888. The third-order valence-corrected chi connectivity index (χ3v) is 3.35. The van der Waals surface area contributed by atoms with Crippen LogP contribution in [0.1, 0.15) is 32.2 Å². The summed E-state index contributed by atoms with van der Waals surface area (Å²) in [6.07, 6.45) is 0. The molecule has 0 aliphatic carbocycles. The highest BCUT2D eigenvalue weighted by molar-refractivity contribution is 7.08. The second-order valence-corrected chi connectivity index (χ2v) is 4.48. The first-order valence-corrected chi connectivity index (χ1v) is 6.15. The topological polar surface area (TPSA) is 79.5 Å².